The number of ether oxygens (including phenoxy) is 2. The van der Waals surface area contributed by atoms with Crippen molar-refractivity contribution in [1.29, 1.82) is 0 Å². The first-order chi connectivity index (χ1) is 9.15. The number of aryl methyl sites for hydroxylation is 1. The molecule has 0 radical (unpaired) electrons. The first kappa shape index (κ1) is 14.2. The number of benzene rings is 1. The highest BCUT2D eigenvalue weighted by Gasteiger charge is 2.16. The molecule has 1 atom stereocenters. The van der Waals surface area contributed by atoms with Gasteiger partial charge in [-0.05, 0) is 43.5 Å². The van der Waals surface area contributed by atoms with Gasteiger partial charge in [0.25, 0.3) is 5.91 Å². The first-order valence-corrected chi connectivity index (χ1v) is 6.80. The zero-order valence-electron chi connectivity index (χ0n) is 10.9. The third-order valence-corrected chi connectivity index (χ3v) is 3.28. The molecule has 1 aliphatic heterocycles. The monoisotopic (exact) mass is 283 g/mol. The van der Waals surface area contributed by atoms with Gasteiger partial charge in [0, 0.05) is 18.2 Å². The lowest BCUT2D eigenvalue weighted by molar-refractivity contribution is -0.123. The van der Waals surface area contributed by atoms with Crippen LogP contribution in [0.4, 0.5) is 0 Å². The van der Waals surface area contributed by atoms with E-state index in [-0.39, 0.29) is 18.6 Å². The van der Waals surface area contributed by atoms with Crippen molar-refractivity contribution in [2.75, 3.05) is 19.8 Å². The van der Waals surface area contributed by atoms with Crippen LogP contribution in [0.25, 0.3) is 0 Å². The Balaban J connectivity index is 1.73. The molecule has 19 heavy (non-hydrogen) atoms. The van der Waals surface area contributed by atoms with E-state index in [0.29, 0.717) is 17.3 Å². The van der Waals surface area contributed by atoms with Gasteiger partial charge in [-0.15, -0.1) is 0 Å². The Morgan fingerprint density at radius 1 is 1.58 bits per heavy atom. The van der Waals surface area contributed by atoms with Crippen LogP contribution in [0, 0.1) is 6.92 Å². The lowest BCUT2D eigenvalue weighted by Gasteiger charge is -2.12. The minimum atomic E-state index is -0.134. The highest BCUT2D eigenvalue weighted by Crippen LogP contribution is 2.21. The lowest BCUT2D eigenvalue weighted by atomic mass is 10.2. The second kappa shape index (κ2) is 6.78. The molecule has 1 amide bonds. The second-order valence-corrected chi connectivity index (χ2v) is 5.07. The molecule has 2 rings (SSSR count). The summed E-state index contributed by atoms with van der Waals surface area (Å²) >= 11 is 5.85. The van der Waals surface area contributed by atoms with Crippen LogP contribution in [0.3, 0.4) is 0 Å². The standard InChI is InChI=1S/C14H18ClNO3/c1-10-7-11(15)4-5-13(10)19-9-14(17)16-8-12-3-2-6-18-12/h4-5,7,12H,2-3,6,8-9H2,1H3,(H,16,17). The molecule has 0 aromatic heterocycles. The minimum absolute atomic E-state index is 0.00912. The molecule has 104 valence electrons. The topological polar surface area (TPSA) is 47.6 Å². The summed E-state index contributed by atoms with van der Waals surface area (Å²) in [7, 11) is 0. The summed E-state index contributed by atoms with van der Waals surface area (Å²) < 4.78 is 10.9. The molecule has 1 saturated heterocycles. The van der Waals surface area contributed by atoms with Gasteiger partial charge in [-0.3, -0.25) is 4.79 Å². The van der Waals surface area contributed by atoms with E-state index in [0.717, 1.165) is 25.0 Å². The van der Waals surface area contributed by atoms with Gasteiger partial charge in [-0.1, -0.05) is 11.6 Å². The smallest absolute Gasteiger partial charge is 0.258 e. The molecule has 0 bridgehead atoms. The molecule has 1 N–H and O–H groups in total. The number of rotatable bonds is 5. The largest absolute Gasteiger partial charge is 0.484 e. The van der Waals surface area contributed by atoms with E-state index in [1.165, 1.54) is 0 Å². The predicted molar refractivity (Wildman–Crippen MR) is 73.7 cm³/mol. The van der Waals surface area contributed by atoms with Crippen molar-refractivity contribution < 1.29 is 14.3 Å². The van der Waals surface area contributed by atoms with Crippen molar-refractivity contribution in [2.24, 2.45) is 0 Å². The summed E-state index contributed by atoms with van der Waals surface area (Å²) in [4.78, 5) is 11.6. The Hall–Kier alpha value is -1.26. The van der Waals surface area contributed by atoms with Gasteiger partial charge < -0.3 is 14.8 Å². The third-order valence-electron chi connectivity index (χ3n) is 3.05. The molecule has 1 aromatic carbocycles. The second-order valence-electron chi connectivity index (χ2n) is 4.64. The Labute approximate surface area is 118 Å². The van der Waals surface area contributed by atoms with Crippen LogP contribution in [-0.2, 0) is 9.53 Å². The van der Waals surface area contributed by atoms with Crippen molar-refractivity contribution in [2.45, 2.75) is 25.9 Å². The van der Waals surface area contributed by atoms with Gasteiger partial charge in [0.1, 0.15) is 5.75 Å². The molecule has 5 heteroatoms. The van der Waals surface area contributed by atoms with E-state index < -0.39 is 0 Å². The number of carbonyl (C=O) groups is 1. The maximum Gasteiger partial charge on any atom is 0.258 e. The highest BCUT2D eigenvalue weighted by atomic mass is 35.5. The van der Waals surface area contributed by atoms with E-state index in [4.69, 9.17) is 21.1 Å². The number of carbonyl (C=O) groups excluding carboxylic acids is 1. The zero-order valence-corrected chi connectivity index (χ0v) is 11.7. The Bertz CT molecular complexity index is 444. The van der Waals surface area contributed by atoms with Crippen LogP contribution in [0.1, 0.15) is 18.4 Å². The molecular formula is C14H18ClNO3. The van der Waals surface area contributed by atoms with Crippen molar-refractivity contribution in [3.63, 3.8) is 0 Å². The molecule has 1 fully saturated rings. The molecule has 4 nitrogen and oxygen atoms in total. The Kier molecular flexibility index (Phi) is 5.05. The third kappa shape index (κ3) is 4.40. The average molecular weight is 284 g/mol. The van der Waals surface area contributed by atoms with Crippen LogP contribution in [0.5, 0.6) is 5.75 Å². The fourth-order valence-corrected chi connectivity index (χ4v) is 2.23. The average Bonchev–Trinajstić information content (AvgIpc) is 2.88. The van der Waals surface area contributed by atoms with Crippen molar-refractivity contribution in [3.8, 4) is 5.75 Å². The SMILES string of the molecule is Cc1cc(Cl)ccc1OCC(=O)NCC1CCCO1. The van der Waals surface area contributed by atoms with E-state index in [9.17, 15) is 4.79 Å². The van der Waals surface area contributed by atoms with Gasteiger partial charge in [0.2, 0.25) is 0 Å². The molecule has 1 aliphatic rings. The van der Waals surface area contributed by atoms with Gasteiger partial charge >= 0.3 is 0 Å². The van der Waals surface area contributed by atoms with Crippen LogP contribution >= 0.6 is 11.6 Å². The van der Waals surface area contributed by atoms with Crippen LogP contribution < -0.4 is 10.1 Å². The minimum Gasteiger partial charge on any atom is -0.484 e. The van der Waals surface area contributed by atoms with Gasteiger partial charge in [0.05, 0.1) is 6.10 Å². The van der Waals surface area contributed by atoms with E-state index >= 15 is 0 Å². The quantitative estimate of drug-likeness (QED) is 0.902. The van der Waals surface area contributed by atoms with Gasteiger partial charge in [-0.25, -0.2) is 0 Å². The van der Waals surface area contributed by atoms with Crippen molar-refractivity contribution in [1.82, 2.24) is 5.32 Å². The summed E-state index contributed by atoms with van der Waals surface area (Å²) in [6, 6.07) is 5.32. The number of hydrogen-bond acceptors (Lipinski definition) is 3. The van der Waals surface area contributed by atoms with Crippen molar-refractivity contribution in [3.05, 3.63) is 28.8 Å². The van der Waals surface area contributed by atoms with Gasteiger partial charge in [-0.2, -0.15) is 0 Å². The van der Waals surface area contributed by atoms with E-state index in [1.54, 1.807) is 18.2 Å². The Morgan fingerprint density at radius 2 is 2.42 bits per heavy atom. The highest BCUT2D eigenvalue weighted by molar-refractivity contribution is 6.30. The fraction of sp³-hybridized carbons (Fsp3) is 0.500. The lowest BCUT2D eigenvalue weighted by Crippen LogP contribution is -2.35. The number of amides is 1. The summed E-state index contributed by atoms with van der Waals surface area (Å²) in [5.74, 6) is 0.543. The zero-order chi connectivity index (χ0) is 13.7. The van der Waals surface area contributed by atoms with E-state index in [2.05, 4.69) is 5.32 Å². The van der Waals surface area contributed by atoms with E-state index in [1.807, 2.05) is 6.92 Å². The number of hydrogen-bond donors (Lipinski definition) is 1. The van der Waals surface area contributed by atoms with Crippen LogP contribution in [-0.4, -0.2) is 31.8 Å². The predicted octanol–water partition coefficient (Wildman–Crippen LogP) is 2.32. The van der Waals surface area contributed by atoms with Gasteiger partial charge in [0.15, 0.2) is 6.61 Å². The summed E-state index contributed by atoms with van der Waals surface area (Å²) in [6.07, 6.45) is 2.24. The number of nitrogens with one attached hydrogen (secondary N) is 1. The van der Waals surface area contributed by atoms with Crippen LogP contribution in [0.2, 0.25) is 5.02 Å². The normalized spacial score (nSPS) is 18.3. The fourth-order valence-electron chi connectivity index (χ4n) is 2.00. The number of halogens is 1. The molecule has 1 unspecified atom stereocenters. The maximum absolute atomic E-state index is 11.6. The molecular weight excluding hydrogens is 266 g/mol. The maximum atomic E-state index is 11.6. The molecule has 0 saturated carbocycles. The van der Waals surface area contributed by atoms with Crippen LogP contribution in [0.15, 0.2) is 18.2 Å². The molecule has 1 heterocycles. The summed E-state index contributed by atoms with van der Waals surface area (Å²) in [6.45, 7) is 3.25. The Morgan fingerprint density at radius 3 is 3.11 bits per heavy atom. The molecule has 0 aliphatic carbocycles. The molecule has 0 spiro atoms. The first-order valence-electron chi connectivity index (χ1n) is 6.42. The summed E-state index contributed by atoms with van der Waals surface area (Å²) in [5.41, 5.74) is 0.916. The summed E-state index contributed by atoms with van der Waals surface area (Å²) in [5, 5.41) is 3.47. The molecule has 1 aromatic rings. The van der Waals surface area contributed by atoms with Crippen molar-refractivity contribution >= 4 is 17.5 Å².